The molecule has 0 radical (unpaired) electrons. The molecule has 2 N–H and O–H groups in total. The van der Waals surface area contributed by atoms with Gasteiger partial charge in [-0.25, -0.2) is 4.79 Å². The Labute approximate surface area is 240 Å². The van der Waals surface area contributed by atoms with E-state index in [9.17, 15) is 19.2 Å². The smallest absolute Gasteiger partial charge is 0.408 e. The standard InChI is InChI=1S/C31H51N3O6/c1-19(2)12-15-23(7)34(29(37)25(16-20(3)4)33-30(38)40-31(8,9)10)27(28(36)32-18-26(35)39-11)24-17-21(5)13-14-22(24)6/h13-14,17,19-20,23,25,27H,12,15-16,18H2,1-11H3,(H,32,36)(H,33,38). The molecule has 3 amide bonds. The van der Waals surface area contributed by atoms with Crippen LogP contribution in [-0.4, -0.2) is 60.1 Å². The van der Waals surface area contributed by atoms with E-state index < -0.39 is 35.7 Å². The van der Waals surface area contributed by atoms with Crippen molar-refractivity contribution in [3.63, 3.8) is 0 Å². The van der Waals surface area contributed by atoms with Gasteiger partial charge in [0.25, 0.3) is 0 Å². The summed E-state index contributed by atoms with van der Waals surface area (Å²) in [6.07, 6.45) is 1.15. The first-order valence-corrected chi connectivity index (χ1v) is 14.2. The Morgan fingerprint density at radius 2 is 1.57 bits per heavy atom. The number of hydrogen-bond donors (Lipinski definition) is 2. The van der Waals surface area contributed by atoms with E-state index in [0.29, 0.717) is 24.3 Å². The van der Waals surface area contributed by atoms with Crippen LogP contribution in [0.25, 0.3) is 0 Å². The summed E-state index contributed by atoms with van der Waals surface area (Å²) in [6.45, 7) is 18.8. The average Bonchev–Trinajstić information content (AvgIpc) is 2.83. The zero-order chi connectivity index (χ0) is 30.8. The van der Waals surface area contributed by atoms with Gasteiger partial charge in [0.05, 0.1) is 7.11 Å². The SMILES string of the molecule is COC(=O)CNC(=O)C(c1cc(C)ccc1C)N(C(=O)C(CC(C)C)NC(=O)OC(C)(C)C)C(C)CCC(C)C. The summed E-state index contributed by atoms with van der Waals surface area (Å²) in [5.74, 6) is -1.01. The molecule has 0 spiro atoms. The lowest BCUT2D eigenvalue weighted by atomic mass is 9.92. The number of aryl methyl sites for hydroxylation is 2. The van der Waals surface area contributed by atoms with Crippen molar-refractivity contribution in [3.8, 4) is 0 Å². The number of esters is 1. The van der Waals surface area contributed by atoms with E-state index in [1.807, 2.05) is 52.8 Å². The van der Waals surface area contributed by atoms with Crippen LogP contribution in [-0.2, 0) is 23.9 Å². The van der Waals surface area contributed by atoms with Gasteiger partial charge in [-0.1, -0.05) is 51.5 Å². The predicted octanol–water partition coefficient (Wildman–Crippen LogP) is 5.23. The highest BCUT2D eigenvalue weighted by atomic mass is 16.6. The van der Waals surface area contributed by atoms with Crippen molar-refractivity contribution >= 4 is 23.9 Å². The summed E-state index contributed by atoms with van der Waals surface area (Å²) in [7, 11) is 1.25. The Kier molecular flexibility index (Phi) is 13.6. The third-order valence-electron chi connectivity index (χ3n) is 6.48. The minimum Gasteiger partial charge on any atom is -0.468 e. The topological polar surface area (TPSA) is 114 Å². The van der Waals surface area contributed by atoms with Gasteiger partial charge in [0, 0.05) is 6.04 Å². The molecule has 0 aliphatic carbocycles. The van der Waals surface area contributed by atoms with Crippen molar-refractivity contribution in [2.75, 3.05) is 13.7 Å². The van der Waals surface area contributed by atoms with Crippen LogP contribution in [0.2, 0.25) is 0 Å². The zero-order valence-corrected chi connectivity index (χ0v) is 26.3. The van der Waals surface area contributed by atoms with Gasteiger partial charge in [0.15, 0.2) is 0 Å². The first-order valence-electron chi connectivity index (χ1n) is 14.2. The van der Waals surface area contributed by atoms with E-state index in [1.165, 1.54) is 7.11 Å². The summed E-state index contributed by atoms with van der Waals surface area (Å²) in [5, 5.41) is 5.44. The number of carbonyl (C=O) groups is 4. The molecular weight excluding hydrogens is 510 g/mol. The normalized spacial score (nSPS) is 13.8. The molecule has 1 aromatic carbocycles. The Morgan fingerprint density at radius 1 is 0.950 bits per heavy atom. The number of methoxy groups -OCH3 is 1. The molecule has 0 heterocycles. The number of hydrogen-bond acceptors (Lipinski definition) is 6. The molecule has 1 rings (SSSR count). The number of rotatable bonds is 13. The highest BCUT2D eigenvalue weighted by Crippen LogP contribution is 2.31. The maximum absolute atomic E-state index is 14.5. The number of nitrogens with one attached hydrogen (secondary N) is 2. The first kappa shape index (κ1) is 34.9. The van der Waals surface area contributed by atoms with Gasteiger partial charge < -0.3 is 25.0 Å². The molecule has 0 bridgehead atoms. The first-order chi connectivity index (χ1) is 18.5. The lowest BCUT2D eigenvalue weighted by molar-refractivity contribution is -0.147. The second kappa shape index (κ2) is 15.6. The second-order valence-corrected chi connectivity index (χ2v) is 12.5. The van der Waals surface area contributed by atoms with Gasteiger partial charge in [-0.15, -0.1) is 0 Å². The quantitative estimate of drug-likeness (QED) is 0.319. The van der Waals surface area contributed by atoms with Crippen LogP contribution in [0.15, 0.2) is 18.2 Å². The molecule has 0 aromatic heterocycles. The van der Waals surface area contributed by atoms with E-state index in [1.54, 1.807) is 25.7 Å². The van der Waals surface area contributed by atoms with E-state index in [2.05, 4.69) is 24.5 Å². The molecule has 0 fully saturated rings. The molecule has 9 heteroatoms. The number of alkyl carbamates (subject to hydrolysis) is 1. The molecule has 9 nitrogen and oxygen atoms in total. The van der Waals surface area contributed by atoms with E-state index in [4.69, 9.17) is 9.47 Å². The zero-order valence-electron chi connectivity index (χ0n) is 26.3. The fourth-order valence-corrected chi connectivity index (χ4v) is 4.44. The van der Waals surface area contributed by atoms with E-state index in [0.717, 1.165) is 17.5 Å². The fraction of sp³-hybridized carbons (Fsp3) is 0.677. The Balaban J connectivity index is 3.71. The number of benzene rings is 1. The molecule has 1 aromatic rings. The number of carbonyl (C=O) groups excluding carboxylic acids is 4. The minimum atomic E-state index is -1.03. The number of amides is 3. The van der Waals surface area contributed by atoms with Gasteiger partial charge in [0.1, 0.15) is 24.2 Å². The largest absolute Gasteiger partial charge is 0.468 e. The van der Waals surface area contributed by atoms with Gasteiger partial charge >= 0.3 is 12.1 Å². The van der Waals surface area contributed by atoms with Crippen molar-refractivity contribution in [2.24, 2.45) is 11.8 Å². The molecule has 40 heavy (non-hydrogen) atoms. The van der Waals surface area contributed by atoms with Crippen LogP contribution in [0.5, 0.6) is 0 Å². The second-order valence-electron chi connectivity index (χ2n) is 12.5. The van der Waals surface area contributed by atoms with Crippen LogP contribution < -0.4 is 10.6 Å². The van der Waals surface area contributed by atoms with E-state index in [-0.39, 0.29) is 24.4 Å². The lowest BCUT2D eigenvalue weighted by Gasteiger charge is -2.39. The minimum absolute atomic E-state index is 0.0732. The molecule has 0 aliphatic heterocycles. The Hall–Kier alpha value is -3.10. The van der Waals surface area contributed by atoms with Crippen LogP contribution in [0, 0.1) is 25.7 Å². The Bertz CT molecular complexity index is 1010. The lowest BCUT2D eigenvalue weighted by Crippen LogP contribution is -2.56. The molecule has 3 unspecified atom stereocenters. The monoisotopic (exact) mass is 561 g/mol. The van der Waals surface area contributed by atoms with Gasteiger partial charge in [-0.05, 0) is 83.8 Å². The van der Waals surface area contributed by atoms with Crippen molar-refractivity contribution in [2.45, 2.75) is 112 Å². The fourth-order valence-electron chi connectivity index (χ4n) is 4.44. The Morgan fingerprint density at radius 3 is 2.10 bits per heavy atom. The summed E-state index contributed by atoms with van der Waals surface area (Å²) >= 11 is 0. The van der Waals surface area contributed by atoms with Gasteiger partial charge in [-0.3, -0.25) is 14.4 Å². The molecule has 0 saturated carbocycles. The maximum Gasteiger partial charge on any atom is 0.408 e. The third-order valence-corrected chi connectivity index (χ3v) is 6.48. The van der Waals surface area contributed by atoms with Crippen molar-refractivity contribution in [3.05, 3.63) is 34.9 Å². The summed E-state index contributed by atoms with van der Waals surface area (Å²) in [5.41, 5.74) is 1.68. The molecule has 226 valence electrons. The summed E-state index contributed by atoms with van der Waals surface area (Å²) in [6, 6.07) is 3.45. The van der Waals surface area contributed by atoms with Crippen LogP contribution in [0.3, 0.4) is 0 Å². The van der Waals surface area contributed by atoms with Crippen LogP contribution in [0.1, 0.15) is 97.4 Å². The average molecular weight is 562 g/mol. The number of ether oxygens (including phenoxy) is 2. The molecule has 3 atom stereocenters. The van der Waals surface area contributed by atoms with Gasteiger partial charge in [-0.2, -0.15) is 0 Å². The molecular formula is C31H51N3O6. The van der Waals surface area contributed by atoms with Crippen LogP contribution >= 0.6 is 0 Å². The third kappa shape index (κ3) is 11.6. The summed E-state index contributed by atoms with van der Waals surface area (Å²) < 4.78 is 10.2. The molecule has 0 saturated heterocycles. The molecule has 0 aliphatic rings. The van der Waals surface area contributed by atoms with E-state index >= 15 is 0 Å². The van der Waals surface area contributed by atoms with Crippen molar-refractivity contribution in [1.82, 2.24) is 15.5 Å². The van der Waals surface area contributed by atoms with Crippen molar-refractivity contribution < 1.29 is 28.7 Å². The maximum atomic E-state index is 14.5. The predicted molar refractivity (Wildman–Crippen MR) is 157 cm³/mol. The number of nitrogens with zero attached hydrogens (tertiary/aromatic N) is 1. The highest BCUT2D eigenvalue weighted by molar-refractivity contribution is 5.93. The summed E-state index contributed by atoms with van der Waals surface area (Å²) in [4.78, 5) is 54.6. The van der Waals surface area contributed by atoms with Crippen LogP contribution in [0.4, 0.5) is 4.79 Å². The van der Waals surface area contributed by atoms with Crippen molar-refractivity contribution in [1.29, 1.82) is 0 Å². The van der Waals surface area contributed by atoms with Gasteiger partial charge in [0.2, 0.25) is 11.8 Å². The highest BCUT2D eigenvalue weighted by Gasteiger charge is 2.39.